The van der Waals surface area contributed by atoms with E-state index in [9.17, 15) is 18.4 Å². The minimum Gasteiger partial charge on any atom is -0.480 e. The first-order chi connectivity index (χ1) is 14.4. The van der Waals surface area contributed by atoms with E-state index >= 15 is 0 Å². The molecule has 1 unspecified atom stereocenters. The topological polar surface area (TPSA) is 112 Å². The lowest BCUT2D eigenvalue weighted by Gasteiger charge is -2.26. The molecule has 2 aromatic heterocycles. The van der Waals surface area contributed by atoms with Gasteiger partial charge in [0.2, 0.25) is 0 Å². The number of carboxylic acids is 1. The van der Waals surface area contributed by atoms with Gasteiger partial charge in [0.1, 0.15) is 29.7 Å². The molecule has 3 aromatic rings. The number of aromatic nitrogens is 3. The Labute approximate surface area is 169 Å². The van der Waals surface area contributed by atoms with Gasteiger partial charge in [-0.2, -0.15) is 5.10 Å². The molecule has 1 aromatic carbocycles. The molecule has 1 aliphatic rings. The lowest BCUT2D eigenvalue weighted by molar-refractivity contribution is -0.135. The highest BCUT2D eigenvalue weighted by Gasteiger charge is 2.30. The largest absolute Gasteiger partial charge is 0.480 e. The number of amides is 2. The van der Waals surface area contributed by atoms with Crippen LogP contribution in [0.2, 0.25) is 0 Å². The van der Waals surface area contributed by atoms with Gasteiger partial charge in [0, 0.05) is 18.3 Å². The molecule has 0 spiro atoms. The van der Waals surface area contributed by atoms with E-state index in [4.69, 9.17) is 5.11 Å². The van der Waals surface area contributed by atoms with Gasteiger partial charge in [-0.3, -0.25) is 4.79 Å². The number of hydrogen-bond acceptors (Lipinski definition) is 5. The number of fused-ring (bicyclic) bond motifs is 1. The normalized spacial score (nSPS) is 16.1. The van der Waals surface area contributed by atoms with Crippen molar-refractivity contribution in [1.29, 1.82) is 0 Å². The summed E-state index contributed by atoms with van der Waals surface area (Å²) in [5.41, 5.74) is 0.893. The second-order valence-electron chi connectivity index (χ2n) is 6.83. The Bertz CT molecular complexity index is 1120. The maximum absolute atomic E-state index is 14.3. The van der Waals surface area contributed by atoms with Crippen molar-refractivity contribution in [3.8, 4) is 0 Å². The third-order valence-electron chi connectivity index (χ3n) is 4.87. The van der Waals surface area contributed by atoms with Gasteiger partial charge >= 0.3 is 12.0 Å². The Balaban J connectivity index is 1.62. The minimum atomic E-state index is -1.17. The van der Waals surface area contributed by atoms with Crippen LogP contribution in [-0.2, 0) is 4.79 Å². The van der Waals surface area contributed by atoms with Gasteiger partial charge in [0.25, 0.3) is 0 Å². The molecule has 3 N–H and O–H groups in total. The Morgan fingerprint density at radius 2 is 2.10 bits per heavy atom. The van der Waals surface area contributed by atoms with Crippen LogP contribution in [0.1, 0.15) is 24.4 Å². The lowest BCUT2D eigenvalue weighted by Crippen LogP contribution is -2.33. The number of carbonyl (C=O) groups is 2. The molecule has 3 heterocycles. The zero-order valence-electron chi connectivity index (χ0n) is 15.7. The van der Waals surface area contributed by atoms with Crippen molar-refractivity contribution >= 4 is 29.2 Å². The molecule has 4 rings (SSSR count). The van der Waals surface area contributed by atoms with Gasteiger partial charge in [0.15, 0.2) is 5.65 Å². The van der Waals surface area contributed by atoms with Crippen LogP contribution in [-0.4, -0.2) is 44.8 Å². The quantitative estimate of drug-likeness (QED) is 0.589. The number of carboxylic acid groups (broad SMARTS) is 1. The maximum atomic E-state index is 14.3. The summed E-state index contributed by atoms with van der Waals surface area (Å²) in [6.45, 7) is 0.0815. The average Bonchev–Trinajstić information content (AvgIpc) is 3.35. The van der Waals surface area contributed by atoms with E-state index in [-0.39, 0.29) is 17.3 Å². The molecule has 1 aliphatic heterocycles. The molecule has 0 radical (unpaired) electrons. The molecule has 9 nitrogen and oxygen atoms in total. The Kier molecular flexibility index (Phi) is 5.17. The highest BCUT2D eigenvalue weighted by Crippen LogP contribution is 2.37. The van der Waals surface area contributed by atoms with Gasteiger partial charge < -0.3 is 20.6 Å². The number of carbonyl (C=O) groups excluding carboxylic acids is 1. The average molecular weight is 416 g/mol. The van der Waals surface area contributed by atoms with E-state index in [1.54, 1.807) is 12.3 Å². The number of halogens is 2. The Hall–Kier alpha value is -3.76. The lowest BCUT2D eigenvalue weighted by atomic mass is 10.0. The zero-order chi connectivity index (χ0) is 21.3. The van der Waals surface area contributed by atoms with Crippen LogP contribution in [0.15, 0.2) is 36.7 Å². The van der Waals surface area contributed by atoms with E-state index in [1.165, 1.54) is 16.8 Å². The maximum Gasteiger partial charge on any atom is 0.323 e. The highest BCUT2D eigenvalue weighted by atomic mass is 19.1. The summed E-state index contributed by atoms with van der Waals surface area (Å²) in [5.74, 6) is -1.62. The van der Waals surface area contributed by atoms with Crippen LogP contribution in [0, 0.1) is 11.6 Å². The SMILES string of the molecule is O=C(O)CNC(=O)Nc1cnn2ccc(N3CCCC3c3cc(F)ccc3F)nc12. The minimum absolute atomic E-state index is 0.272. The predicted molar refractivity (Wildman–Crippen MR) is 103 cm³/mol. The van der Waals surface area contributed by atoms with Crippen molar-refractivity contribution in [2.45, 2.75) is 18.9 Å². The third kappa shape index (κ3) is 3.86. The van der Waals surface area contributed by atoms with Crippen LogP contribution in [0.25, 0.3) is 5.65 Å². The summed E-state index contributed by atoms with van der Waals surface area (Å²) in [7, 11) is 0. The fraction of sp³-hybridized carbons (Fsp3) is 0.263. The monoisotopic (exact) mass is 416 g/mol. The number of benzene rings is 1. The van der Waals surface area contributed by atoms with Crippen LogP contribution in [0.3, 0.4) is 0 Å². The van der Waals surface area contributed by atoms with Crippen LogP contribution < -0.4 is 15.5 Å². The van der Waals surface area contributed by atoms with Crippen molar-refractivity contribution < 1.29 is 23.5 Å². The molecule has 1 atom stereocenters. The number of rotatable bonds is 5. The van der Waals surface area contributed by atoms with E-state index in [1.807, 2.05) is 4.90 Å². The number of hydrogen-bond donors (Lipinski definition) is 3. The van der Waals surface area contributed by atoms with E-state index in [0.29, 0.717) is 24.4 Å². The first kappa shape index (κ1) is 19.6. The van der Waals surface area contributed by atoms with E-state index in [0.717, 1.165) is 18.6 Å². The molecular formula is C19H18F2N6O3. The summed E-state index contributed by atoms with van der Waals surface area (Å²) < 4.78 is 29.5. The molecule has 0 bridgehead atoms. The smallest absolute Gasteiger partial charge is 0.323 e. The summed E-state index contributed by atoms with van der Waals surface area (Å²) in [4.78, 5) is 28.9. The molecule has 2 amide bonds. The number of aliphatic carboxylic acids is 1. The van der Waals surface area contributed by atoms with Gasteiger partial charge in [-0.15, -0.1) is 0 Å². The van der Waals surface area contributed by atoms with Crippen molar-refractivity contribution in [3.63, 3.8) is 0 Å². The van der Waals surface area contributed by atoms with Crippen LogP contribution >= 0.6 is 0 Å². The number of nitrogens with one attached hydrogen (secondary N) is 2. The van der Waals surface area contributed by atoms with Crippen molar-refractivity contribution in [2.75, 3.05) is 23.3 Å². The first-order valence-corrected chi connectivity index (χ1v) is 9.25. The van der Waals surface area contributed by atoms with Gasteiger partial charge in [-0.25, -0.2) is 23.1 Å². The molecule has 156 valence electrons. The molecule has 0 aliphatic carbocycles. The molecule has 1 saturated heterocycles. The van der Waals surface area contributed by atoms with E-state index < -0.39 is 30.2 Å². The van der Waals surface area contributed by atoms with Crippen LogP contribution in [0.5, 0.6) is 0 Å². The van der Waals surface area contributed by atoms with Crippen molar-refractivity contribution in [3.05, 3.63) is 53.9 Å². The first-order valence-electron chi connectivity index (χ1n) is 9.25. The number of nitrogens with zero attached hydrogens (tertiary/aromatic N) is 4. The highest BCUT2D eigenvalue weighted by molar-refractivity contribution is 5.94. The van der Waals surface area contributed by atoms with Gasteiger partial charge in [0.05, 0.1) is 12.2 Å². The molecule has 11 heteroatoms. The van der Waals surface area contributed by atoms with E-state index in [2.05, 4.69) is 20.7 Å². The Morgan fingerprint density at radius 1 is 1.27 bits per heavy atom. The standard InChI is InChI=1S/C19H18F2N6O3/c20-11-3-4-13(21)12(8-11)15-2-1-6-26(15)16-5-7-27-18(25-16)14(9-23-27)24-19(30)22-10-17(28)29/h3-5,7-9,15H,1-2,6,10H2,(H,28,29)(H2,22,24,30). The van der Waals surface area contributed by atoms with Gasteiger partial charge in [-0.1, -0.05) is 0 Å². The van der Waals surface area contributed by atoms with Crippen LogP contribution in [0.4, 0.5) is 25.1 Å². The van der Waals surface area contributed by atoms with Crippen molar-refractivity contribution in [2.24, 2.45) is 0 Å². The number of urea groups is 1. The van der Waals surface area contributed by atoms with Gasteiger partial charge in [-0.05, 0) is 37.1 Å². The molecule has 1 fully saturated rings. The second-order valence-corrected chi connectivity index (χ2v) is 6.83. The summed E-state index contributed by atoms with van der Waals surface area (Å²) >= 11 is 0. The van der Waals surface area contributed by atoms with Crippen molar-refractivity contribution in [1.82, 2.24) is 19.9 Å². The summed E-state index contributed by atoms with van der Waals surface area (Å²) in [6.07, 6.45) is 4.47. The predicted octanol–water partition coefficient (Wildman–Crippen LogP) is 2.56. The fourth-order valence-corrected chi connectivity index (χ4v) is 3.56. The zero-order valence-corrected chi connectivity index (χ0v) is 15.7. The molecule has 0 saturated carbocycles. The summed E-state index contributed by atoms with van der Waals surface area (Å²) in [5, 5.41) is 17.5. The Morgan fingerprint density at radius 3 is 2.90 bits per heavy atom. The number of anilines is 2. The molecular weight excluding hydrogens is 398 g/mol. The second kappa shape index (κ2) is 7.93. The molecule has 30 heavy (non-hydrogen) atoms. The summed E-state index contributed by atoms with van der Waals surface area (Å²) in [6, 6.07) is 4.04. The fourth-order valence-electron chi connectivity index (χ4n) is 3.56. The third-order valence-corrected chi connectivity index (χ3v) is 4.87.